The lowest BCUT2D eigenvalue weighted by Crippen LogP contribution is -2.38. The maximum atomic E-state index is 12.4. The van der Waals surface area contributed by atoms with Crippen LogP contribution in [0.3, 0.4) is 0 Å². The Morgan fingerprint density at radius 1 is 1.16 bits per heavy atom. The number of hydrogen-bond acceptors (Lipinski definition) is 6. The van der Waals surface area contributed by atoms with E-state index in [9.17, 15) is 13.2 Å². The summed E-state index contributed by atoms with van der Waals surface area (Å²) >= 11 is 1.74. The van der Waals surface area contributed by atoms with E-state index in [4.69, 9.17) is 10.5 Å². The van der Waals surface area contributed by atoms with Gasteiger partial charge >= 0.3 is 0 Å². The molecule has 1 amide bonds. The molecule has 206 valence electrons. The lowest BCUT2D eigenvalue weighted by Gasteiger charge is -2.31. The maximum absolute atomic E-state index is 12.4. The number of carbonyl (C=O) groups excluding carboxylic acids is 1. The molecule has 10 heteroatoms. The summed E-state index contributed by atoms with van der Waals surface area (Å²) in [6, 6.07) is 6.26. The third-order valence-corrected chi connectivity index (χ3v) is 10.9. The van der Waals surface area contributed by atoms with Crippen molar-refractivity contribution in [1.29, 1.82) is 0 Å². The fourth-order valence-corrected chi connectivity index (χ4v) is 8.00. The smallest absolute Gasteiger partial charge is 0.250 e. The second-order valence-electron chi connectivity index (χ2n) is 10.7. The molecule has 8 nitrogen and oxygen atoms in total. The minimum Gasteiger partial charge on any atom is -0.381 e. The van der Waals surface area contributed by atoms with Gasteiger partial charge in [0.2, 0.25) is 10.0 Å². The van der Waals surface area contributed by atoms with Gasteiger partial charge in [0.15, 0.2) is 0 Å². The van der Waals surface area contributed by atoms with E-state index in [0.29, 0.717) is 24.6 Å². The SMILES string of the molecule is CCS(=O)(=O)N1CCC(c2c[nH]c3c(C(N)=O)cc(-c4csc(CN(C)CC5CCOCC5)c4)cc23)CC1. The number of H-pyrrole nitrogens is 1. The molecule has 0 aliphatic carbocycles. The van der Waals surface area contributed by atoms with Crippen molar-refractivity contribution in [3.63, 3.8) is 0 Å². The van der Waals surface area contributed by atoms with Crippen molar-refractivity contribution in [2.75, 3.05) is 45.6 Å². The average Bonchev–Trinajstić information content (AvgIpc) is 3.56. The highest BCUT2D eigenvalue weighted by atomic mass is 32.2. The van der Waals surface area contributed by atoms with Crippen molar-refractivity contribution < 1.29 is 17.9 Å². The van der Waals surface area contributed by atoms with Crippen LogP contribution in [0.2, 0.25) is 0 Å². The Morgan fingerprint density at radius 3 is 2.58 bits per heavy atom. The van der Waals surface area contributed by atoms with Crippen LogP contribution < -0.4 is 5.73 Å². The number of carbonyl (C=O) groups is 1. The number of hydrogen-bond donors (Lipinski definition) is 2. The Kier molecular flexibility index (Phi) is 8.25. The van der Waals surface area contributed by atoms with Crippen LogP contribution in [0.15, 0.2) is 29.8 Å². The zero-order valence-corrected chi connectivity index (χ0v) is 23.9. The molecule has 0 radical (unpaired) electrons. The number of nitrogens with one attached hydrogen (secondary N) is 1. The Bertz CT molecular complexity index is 1380. The molecule has 3 N–H and O–H groups in total. The predicted molar refractivity (Wildman–Crippen MR) is 153 cm³/mol. The van der Waals surface area contributed by atoms with Gasteiger partial charge in [-0.3, -0.25) is 4.79 Å². The van der Waals surface area contributed by atoms with Crippen molar-refractivity contribution in [3.05, 3.63) is 45.8 Å². The van der Waals surface area contributed by atoms with Gasteiger partial charge in [-0.25, -0.2) is 12.7 Å². The Morgan fingerprint density at radius 2 is 1.89 bits per heavy atom. The number of fused-ring (bicyclic) bond motifs is 1. The monoisotopic (exact) mass is 558 g/mol. The third-order valence-electron chi connectivity index (χ3n) is 8.06. The zero-order chi connectivity index (χ0) is 26.9. The van der Waals surface area contributed by atoms with Crippen molar-refractivity contribution in [2.45, 2.75) is 45.1 Å². The van der Waals surface area contributed by atoms with E-state index in [2.05, 4.69) is 34.4 Å². The summed E-state index contributed by atoms with van der Waals surface area (Å²) in [5.74, 6) is 0.583. The number of nitrogens with two attached hydrogens (primary N) is 1. The Labute approximate surface area is 229 Å². The number of amides is 1. The molecule has 2 aliphatic rings. The fourth-order valence-electron chi connectivity index (χ4n) is 5.89. The lowest BCUT2D eigenvalue weighted by molar-refractivity contribution is 0.0550. The molecule has 0 unspecified atom stereocenters. The zero-order valence-electron chi connectivity index (χ0n) is 22.2. The van der Waals surface area contributed by atoms with Gasteiger partial charge < -0.3 is 20.4 Å². The second kappa shape index (κ2) is 11.5. The standard InChI is InChI=1S/C28H38N4O4S2/c1-3-38(34,35)32-8-4-20(5-9-32)26-15-30-27-24(26)13-21(14-25(27)28(29)33)22-12-23(37-18-22)17-31(2)16-19-6-10-36-11-7-19/h12-15,18-20,30H,3-11,16-17H2,1-2H3,(H2,29,33). The first-order valence-corrected chi connectivity index (χ1v) is 16.0. The molecule has 38 heavy (non-hydrogen) atoms. The van der Waals surface area contributed by atoms with Crippen LogP contribution in [0.4, 0.5) is 0 Å². The number of aromatic nitrogens is 1. The highest BCUT2D eigenvalue weighted by molar-refractivity contribution is 7.89. The van der Waals surface area contributed by atoms with E-state index in [-0.39, 0.29) is 11.7 Å². The van der Waals surface area contributed by atoms with Crippen LogP contribution in [0, 0.1) is 5.92 Å². The quantitative estimate of drug-likeness (QED) is 0.405. The summed E-state index contributed by atoms with van der Waals surface area (Å²) in [5, 5.41) is 3.15. The molecule has 1 aromatic carbocycles. The number of thiophene rings is 1. The normalized spacial score (nSPS) is 18.5. The summed E-state index contributed by atoms with van der Waals surface area (Å²) in [4.78, 5) is 19.4. The Balaban J connectivity index is 1.37. The first kappa shape index (κ1) is 27.3. The maximum Gasteiger partial charge on any atom is 0.250 e. The molecule has 4 heterocycles. The number of ether oxygens (including phenoxy) is 1. The highest BCUT2D eigenvalue weighted by Crippen LogP contribution is 2.38. The van der Waals surface area contributed by atoms with Crippen molar-refractivity contribution in [2.24, 2.45) is 11.7 Å². The molecule has 5 rings (SSSR count). The molecule has 3 aromatic rings. The topological polar surface area (TPSA) is 109 Å². The van der Waals surface area contributed by atoms with E-state index >= 15 is 0 Å². The van der Waals surface area contributed by atoms with Gasteiger partial charge in [-0.1, -0.05) is 0 Å². The largest absolute Gasteiger partial charge is 0.381 e. The van der Waals surface area contributed by atoms with Gasteiger partial charge in [-0.2, -0.15) is 0 Å². The number of benzene rings is 1. The minimum atomic E-state index is -3.18. The minimum absolute atomic E-state index is 0.129. The second-order valence-corrected chi connectivity index (χ2v) is 13.9. The van der Waals surface area contributed by atoms with Crippen molar-refractivity contribution >= 4 is 38.2 Å². The molecule has 2 saturated heterocycles. The predicted octanol–water partition coefficient (Wildman–Crippen LogP) is 4.38. The molecule has 0 bridgehead atoms. The van der Waals surface area contributed by atoms with E-state index in [0.717, 1.165) is 79.6 Å². The van der Waals surface area contributed by atoms with Gasteiger partial charge in [-0.05, 0) is 91.8 Å². The highest BCUT2D eigenvalue weighted by Gasteiger charge is 2.29. The molecule has 2 aliphatic heterocycles. The van der Waals surface area contributed by atoms with E-state index < -0.39 is 15.9 Å². The van der Waals surface area contributed by atoms with Crippen LogP contribution in [0.25, 0.3) is 22.0 Å². The third kappa shape index (κ3) is 5.84. The van der Waals surface area contributed by atoms with Crippen molar-refractivity contribution in [1.82, 2.24) is 14.2 Å². The average molecular weight is 559 g/mol. The Hall–Kier alpha value is -2.24. The molecule has 2 fully saturated rings. The molecule has 2 aromatic heterocycles. The molecule has 0 spiro atoms. The van der Waals surface area contributed by atoms with E-state index in [1.807, 2.05) is 12.3 Å². The molecular formula is C28H38N4O4S2. The van der Waals surface area contributed by atoms with Gasteiger partial charge in [0.1, 0.15) is 0 Å². The summed E-state index contributed by atoms with van der Waals surface area (Å²) < 4.78 is 31.7. The number of piperidine rings is 1. The number of rotatable bonds is 9. The van der Waals surface area contributed by atoms with Crippen molar-refractivity contribution in [3.8, 4) is 11.1 Å². The number of nitrogens with zero attached hydrogens (tertiary/aromatic N) is 2. The van der Waals surface area contributed by atoms with Crippen LogP contribution in [-0.2, 0) is 21.3 Å². The van der Waals surface area contributed by atoms with Crippen LogP contribution in [-0.4, -0.2) is 74.2 Å². The summed E-state index contributed by atoms with van der Waals surface area (Å²) in [6.07, 6.45) is 5.74. The first-order valence-electron chi connectivity index (χ1n) is 13.5. The fraction of sp³-hybridized carbons (Fsp3) is 0.536. The van der Waals surface area contributed by atoms with Crippen LogP contribution in [0.1, 0.15) is 59.3 Å². The molecular weight excluding hydrogens is 520 g/mol. The molecule has 0 saturated carbocycles. The summed E-state index contributed by atoms with van der Waals surface area (Å²) in [5.41, 5.74) is 10.2. The molecule has 0 atom stereocenters. The van der Waals surface area contributed by atoms with Gasteiger partial charge in [0.25, 0.3) is 5.91 Å². The lowest BCUT2D eigenvalue weighted by atomic mass is 9.88. The number of sulfonamides is 1. The van der Waals surface area contributed by atoms with Gasteiger partial charge in [-0.15, -0.1) is 11.3 Å². The number of aromatic amines is 1. The van der Waals surface area contributed by atoms with E-state index in [1.165, 1.54) is 4.88 Å². The summed E-state index contributed by atoms with van der Waals surface area (Å²) in [6.45, 7) is 6.42. The van der Waals surface area contributed by atoms with Gasteiger partial charge in [0.05, 0.1) is 16.8 Å². The van der Waals surface area contributed by atoms with Crippen LogP contribution >= 0.6 is 11.3 Å². The first-order chi connectivity index (χ1) is 18.2. The number of primary amides is 1. The van der Waals surface area contributed by atoms with Crippen LogP contribution in [0.5, 0.6) is 0 Å². The van der Waals surface area contributed by atoms with E-state index in [1.54, 1.807) is 22.6 Å². The summed E-state index contributed by atoms with van der Waals surface area (Å²) in [7, 11) is -0.999. The van der Waals surface area contributed by atoms with Gasteiger partial charge in [0, 0.05) is 55.9 Å².